The normalized spacial score (nSPS) is 13.3. The second-order valence-electron chi connectivity index (χ2n) is 5.54. The molecule has 0 amide bonds. The Bertz CT molecular complexity index is 204. The highest BCUT2D eigenvalue weighted by atomic mass is 16.5. The lowest BCUT2D eigenvalue weighted by Gasteiger charge is -2.31. The van der Waals surface area contributed by atoms with E-state index in [1.165, 1.54) is 0 Å². The van der Waals surface area contributed by atoms with Crippen molar-refractivity contribution < 1.29 is 14.2 Å². The molecule has 0 aromatic heterocycles. The van der Waals surface area contributed by atoms with Crippen molar-refractivity contribution in [3.8, 4) is 0 Å². The topological polar surface area (TPSA) is 43.0 Å². The van der Waals surface area contributed by atoms with Crippen LogP contribution in [0.5, 0.6) is 0 Å². The third-order valence-electron chi connectivity index (χ3n) is 3.18. The zero-order valence-corrected chi connectivity index (χ0v) is 14.0. The van der Waals surface area contributed by atoms with Gasteiger partial charge in [0.15, 0.2) is 0 Å². The van der Waals surface area contributed by atoms with Gasteiger partial charge in [0, 0.05) is 53.6 Å². The number of rotatable bonds is 14. The summed E-state index contributed by atoms with van der Waals surface area (Å²) < 4.78 is 15.7. The molecule has 5 heteroatoms. The maximum atomic E-state index is 5.38. The van der Waals surface area contributed by atoms with Gasteiger partial charge in [-0.2, -0.15) is 0 Å². The molecule has 0 aliphatic rings. The number of ether oxygens (including phenoxy) is 3. The molecule has 0 aromatic rings. The molecule has 122 valence electrons. The summed E-state index contributed by atoms with van der Waals surface area (Å²) in [6, 6.07) is 0.380. The molecular weight excluding hydrogens is 256 g/mol. The second-order valence-corrected chi connectivity index (χ2v) is 5.54. The smallest absolute Gasteiger partial charge is 0.0630 e. The third kappa shape index (κ3) is 10.6. The van der Waals surface area contributed by atoms with Crippen LogP contribution in [-0.2, 0) is 14.2 Å². The second kappa shape index (κ2) is 13.8. The van der Waals surface area contributed by atoms with Gasteiger partial charge in [-0.3, -0.25) is 4.90 Å². The molecule has 0 aliphatic carbocycles. The van der Waals surface area contributed by atoms with Gasteiger partial charge in [-0.1, -0.05) is 13.8 Å². The van der Waals surface area contributed by atoms with Gasteiger partial charge in [-0.05, 0) is 18.9 Å². The monoisotopic (exact) mass is 290 g/mol. The molecule has 20 heavy (non-hydrogen) atoms. The third-order valence-corrected chi connectivity index (χ3v) is 3.18. The molecule has 0 rings (SSSR count). The van der Waals surface area contributed by atoms with Crippen molar-refractivity contribution in [2.45, 2.75) is 26.3 Å². The highest BCUT2D eigenvalue weighted by Crippen LogP contribution is 2.03. The molecule has 0 saturated carbocycles. The predicted molar refractivity (Wildman–Crippen MR) is 83.3 cm³/mol. The fourth-order valence-electron chi connectivity index (χ4n) is 2.12. The van der Waals surface area contributed by atoms with Crippen LogP contribution in [-0.4, -0.2) is 78.3 Å². The molecule has 0 radical (unpaired) electrons. The fourth-order valence-corrected chi connectivity index (χ4v) is 2.12. The van der Waals surface area contributed by atoms with Crippen molar-refractivity contribution in [1.29, 1.82) is 0 Å². The van der Waals surface area contributed by atoms with E-state index in [1.807, 2.05) is 0 Å². The van der Waals surface area contributed by atoms with Gasteiger partial charge in [0.25, 0.3) is 0 Å². The Labute approximate surface area is 124 Å². The maximum absolute atomic E-state index is 5.38. The van der Waals surface area contributed by atoms with Crippen LogP contribution in [0.15, 0.2) is 0 Å². The Kier molecular flexibility index (Phi) is 13.6. The Morgan fingerprint density at radius 3 is 2.15 bits per heavy atom. The van der Waals surface area contributed by atoms with E-state index >= 15 is 0 Å². The first-order chi connectivity index (χ1) is 9.65. The van der Waals surface area contributed by atoms with Gasteiger partial charge in [-0.25, -0.2) is 0 Å². The summed E-state index contributed by atoms with van der Waals surface area (Å²) in [5.41, 5.74) is 0. The first-order valence-corrected chi connectivity index (χ1v) is 7.57. The first-order valence-electron chi connectivity index (χ1n) is 7.57. The molecular formula is C15H34N2O3. The average Bonchev–Trinajstić information content (AvgIpc) is 2.41. The Hall–Kier alpha value is -0.200. The number of hydrogen-bond donors (Lipinski definition) is 1. The van der Waals surface area contributed by atoms with Gasteiger partial charge in [0.1, 0.15) is 0 Å². The van der Waals surface area contributed by atoms with Crippen LogP contribution in [0.25, 0.3) is 0 Å². The molecule has 1 N–H and O–H groups in total. The minimum Gasteiger partial charge on any atom is -0.385 e. The quantitative estimate of drug-likeness (QED) is 0.488. The minimum absolute atomic E-state index is 0.380. The van der Waals surface area contributed by atoms with Gasteiger partial charge in [0.2, 0.25) is 0 Å². The Balaban J connectivity index is 4.30. The summed E-state index contributed by atoms with van der Waals surface area (Å²) in [6.45, 7) is 10.6. The lowest BCUT2D eigenvalue weighted by molar-refractivity contribution is 0.0603. The minimum atomic E-state index is 0.380. The van der Waals surface area contributed by atoms with Crippen molar-refractivity contribution in [3.63, 3.8) is 0 Å². The molecule has 0 spiro atoms. The van der Waals surface area contributed by atoms with Gasteiger partial charge in [-0.15, -0.1) is 0 Å². The molecule has 0 aliphatic heterocycles. The lowest BCUT2D eigenvalue weighted by Crippen LogP contribution is -2.47. The number of nitrogens with one attached hydrogen (secondary N) is 1. The zero-order valence-electron chi connectivity index (χ0n) is 14.0. The average molecular weight is 290 g/mol. The highest BCUT2D eigenvalue weighted by molar-refractivity contribution is 4.74. The number of methoxy groups -OCH3 is 3. The van der Waals surface area contributed by atoms with Crippen LogP contribution in [0, 0.1) is 5.92 Å². The van der Waals surface area contributed by atoms with Crippen molar-refractivity contribution >= 4 is 0 Å². The summed E-state index contributed by atoms with van der Waals surface area (Å²) in [5, 5.41) is 3.52. The van der Waals surface area contributed by atoms with E-state index in [0.717, 1.165) is 52.4 Å². The molecule has 0 aromatic carbocycles. The first kappa shape index (κ1) is 19.8. The SMILES string of the molecule is COCCCN(CCOC)C(CNCC(C)C)COC. The van der Waals surface area contributed by atoms with Crippen molar-refractivity contribution in [2.24, 2.45) is 5.92 Å². The van der Waals surface area contributed by atoms with E-state index in [0.29, 0.717) is 12.0 Å². The van der Waals surface area contributed by atoms with Crippen molar-refractivity contribution in [3.05, 3.63) is 0 Å². The largest absolute Gasteiger partial charge is 0.385 e. The molecule has 0 saturated heterocycles. The molecule has 0 heterocycles. The maximum Gasteiger partial charge on any atom is 0.0630 e. The standard InChI is InChI=1S/C15H34N2O3/c1-14(2)11-16-12-15(13-20-5)17(8-10-19-4)7-6-9-18-3/h14-16H,6-13H2,1-5H3. The Morgan fingerprint density at radius 2 is 1.60 bits per heavy atom. The van der Waals surface area contributed by atoms with Crippen LogP contribution in [0.4, 0.5) is 0 Å². The predicted octanol–water partition coefficient (Wildman–Crippen LogP) is 1.23. The molecule has 1 unspecified atom stereocenters. The zero-order chi connectivity index (χ0) is 15.2. The molecule has 1 atom stereocenters. The Morgan fingerprint density at radius 1 is 0.900 bits per heavy atom. The van der Waals surface area contributed by atoms with Gasteiger partial charge >= 0.3 is 0 Å². The summed E-state index contributed by atoms with van der Waals surface area (Å²) >= 11 is 0. The summed E-state index contributed by atoms with van der Waals surface area (Å²) in [7, 11) is 5.26. The molecule has 0 bridgehead atoms. The van der Waals surface area contributed by atoms with Crippen LogP contribution < -0.4 is 5.32 Å². The summed E-state index contributed by atoms with van der Waals surface area (Å²) in [5.74, 6) is 0.666. The summed E-state index contributed by atoms with van der Waals surface area (Å²) in [4.78, 5) is 2.43. The van der Waals surface area contributed by atoms with Crippen molar-refractivity contribution in [2.75, 3.05) is 67.3 Å². The van der Waals surface area contributed by atoms with Crippen LogP contribution in [0.2, 0.25) is 0 Å². The van der Waals surface area contributed by atoms with Crippen LogP contribution >= 0.6 is 0 Å². The number of nitrogens with zero attached hydrogens (tertiary/aromatic N) is 1. The summed E-state index contributed by atoms with van der Waals surface area (Å²) in [6.07, 6.45) is 1.03. The highest BCUT2D eigenvalue weighted by Gasteiger charge is 2.17. The van der Waals surface area contributed by atoms with E-state index in [1.54, 1.807) is 21.3 Å². The van der Waals surface area contributed by atoms with Crippen molar-refractivity contribution in [1.82, 2.24) is 10.2 Å². The molecule has 0 fully saturated rings. The van der Waals surface area contributed by atoms with E-state index in [2.05, 4.69) is 24.1 Å². The van der Waals surface area contributed by atoms with E-state index < -0.39 is 0 Å². The van der Waals surface area contributed by atoms with Crippen LogP contribution in [0.1, 0.15) is 20.3 Å². The van der Waals surface area contributed by atoms with Gasteiger partial charge in [0.05, 0.1) is 13.2 Å². The van der Waals surface area contributed by atoms with Gasteiger partial charge < -0.3 is 19.5 Å². The lowest BCUT2D eigenvalue weighted by atomic mass is 10.2. The van der Waals surface area contributed by atoms with E-state index in [9.17, 15) is 0 Å². The fraction of sp³-hybridized carbons (Fsp3) is 1.00. The van der Waals surface area contributed by atoms with Crippen LogP contribution in [0.3, 0.4) is 0 Å². The number of hydrogen-bond acceptors (Lipinski definition) is 5. The molecule has 5 nitrogen and oxygen atoms in total. The van der Waals surface area contributed by atoms with E-state index in [-0.39, 0.29) is 0 Å². The van der Waals surface area contributed by atoms with E-state index in [4.69, 9.17) is 14.2 Å².